The lowest BCUT2D eigenvalue weighted by Gasteiger charge is -2.31. The van der Waals surface area contributed by atoms with Crippen molar-refractivity contribution >= 4 is 0 Å². The summed E-state index contributed by atoms with van der Waals surface area (Å²) >= 11 is 0. The Kier molecular flexibility index (Phi) is 4.18. The van der Waals surface area contributed by atoms with Gasteiger partial charge in [0.2, 0.25) is 0 Å². The first-order valence-electron chi connectivity index (χ1n) is 12.7. The van der Waals surface area contributed by atoms with Crippen molar-refractivity contribution in [3.63, 3.8) is 0 Å². The standard InChI is InChI=1S/C35H22N2/c1-3-13-23(14-4-1)32-31-33(37-34(36-32)24-15-5-2-6-16-24)27-19-9-12-22-30(27)35(31)28-20-10-7-17-25(28)26-18-8-11-21-29(26)35/h1-22H. The highest BCUT2D eigenvalue weighted by Crippen LogP contribution is 2.63. The molecule has 6 aromatic rings. The zero-order chi connectivity index (χ0) is 24.4. The number of aromatic nitrogens is 2. The second-order valence-corrected chi connectivity index (χ2v) is 9.74. The number of fused-ring (bicyclic) bond motifs is 10. The van der Waals surface area contributed by atoms with Crippen LogP contribution in [-0.2, 0) is 5.41 Å². The Balaban J connectivity index is 1.58. The van der Waals surface area contributed by atoms with Crippen LogP contribution in [0.1, 0.15) is 22.3 Å². The van der Waals surface area contributed by atoms with Gasteiger partial charge in [0.25, 0.3) is 0 Å². The predicted molar refractivity (Wildman–Crippen MR) is 149 cm³/mol. The van der Waals surface area contributed by atoms with Crippen molar-refractivity contribution < 1.29 is 0 Å². The highest BCUT2D eigenvalue weighted by atomic mass is 14.9. The van der Waals surface area contributed by atoms with E-state index in [1.165, 1.54) is 38.9 Å². The van der Waals surface area contributed by atoms with E-state index >= 15 is 0 Å². The zero-order valence-corrected chi connectivity index (χ0v) is 20.1. The van der Waals surface area contributed by atoms with E-state index < -0.39 is 5.41 Å². The molecule has 2 aliphatic carbocycles. The molecule has 1 spiro atoms. The topological polar surface area (TPSA) is 25.8 Å². The maximum absolute atomic E-state index is 5.32. The van der Waals surface area contributed by atoms with Crippen molar-refractivity contribution in [3.8, 4) is 45.0 Å². The summed E-state index contributed by atoms with van der Waals surface area (Å²) in [5.74, 6) is 0.754. The molecule has 0 saturated heterocycles. The minimum Gasteiger partial charge on any atom is -0.228 e. The van der Waals surface area contributed by atoms with Crippen LogP contribution in [0.25, 0.3) is 45.0 Å². The molecular formula is C35H22N2. The fourth-order valence-electron chi connectivity index (χ4n) is 6.48. The number of rotatable bonds is 2. The van der Waals surface area contributed by atoms with Gasteiger partial charge in [-0.2, -0.15) is 0 Å². The summed E-state index contributed by atoms with van der Waals surface area (Å²) < 4.78 is 0. The van der Waals surface area contributed by atoms with Gasteiger partial charge >= 0.3 is 0 Å². The lowest BCUT2D eigenvalue weighted by molar-refractivity contribution is 0.788. The van der Waals surface area contributed by atoms with Gasteiger partial charge in [-0.1, -0.05) is 133 Å². The first-order chi connectivity index (χ1) is 18.4. The van der Waals surface area contributed by atoms with Gasteiger partial charge in [0.05, 0.1) is 16.8 Å². The SMILES string of the molecule is c1ccc(-c2nc(-c3ccccc3)c3c(n2)-c2ccccc2C32c3ccccc3-c3ccccc32)cc1. The molecule has 0 amide bonds. The molecule has 1 aromatic heterocycles. The van der Waals surface area contributed by atoms with Gasteiger partial charge in [-0.05, 0) is 27.8 Å². The molecule has 37 heavy (non-hydrogen) atoms. The van der Waals surface area contributed by atoms with Gasteiger partial charge in [0, 0.05) is 22.3 Å². The largest absolute Gasteiger partial charge is 0.228 e. The van der Waals surface area contributed by atoms with Crippen LogP contribution in [0, 0.1) is 0 Å². The summed E-state index contributed by atoms with van der Waals surface area (Å²) in [6, 6.07) is 47.4. The van der Waals surface area contributed by atoms with E-state index in [1.807, 2.05) is 18.2 Å². The molecular weight excluding hydrogens is 448 g/mol. The lowest BCUT2D eigenvalue weighted by atomic mass is 9.69. The zero-order valence-electron chi connectivity index (χ0n) is 20.1. The number of benzene rings is 5. The second kappa shape index (κ2) is 7.59. The Labute approximate surface area is 216 Å². The van der Waals surface area contributed by atoms with Crippen molar-refractivity contribution in [1.82, 2.24) is 9.97 Å². The first kappa shape index (κ1) is 20.4. The molecule has 0 radical (unpaired) electrons. The maximum Gasteiger partial charge on any atom is 0.160 e. The van der Waals surface area contributed by atoms with Crippen LogP contribution in [-0.4, -0.2) is 9.97 Å². The van der Waals surface area contributed by atoms with E-state index in [0.29, 0.717) is 0 Å². The Morgan fingerprint density at radius 2 is 0.811 bits per heavy atom. The van der Waals surface area contributed by atoms with Crippen LogP contribution in [0.2, 0.25) is 0 Å². The summed E-state index contributed by atoms with van der Waals surface area (Å²) in [6.07, 6.45) is 0. The van der Waals surface area contributed by atoms with Gasteiger partial charge in [-0.3, -0.25) is 0 Å². The van der Waals surface area contributed by atoms with Crippen LogP contribution in [0.3, 0.4) is 0 Å². The molecule has 2 nitrogen and oxygen atoms in total. The smallest absolute Gasteiger partial charge is 0.160 e. The van der Waals surface area contributed by atoms with Crippen LogP contribution < -0.4 is 0 Å². The average Bonchev–Trinajstić information content (AvgIpc) is 3.45. The fraction of sp³-hybridized carbons (Fsp3) is 0.0286. The van der Waals surface area contributed by atoms with Gasteiger partial charge in [0.15, 0.2) is 5.82 Å². The third-order valence-electron chi connectivity index (χ3n) is 7.90. The highest BCUT2D eigenvalue weighted by Gasteiger charge is 2.53. The molecule has 2 heteroatoms. The molecule has 0 aliphatic heterocycles. The van der Waals surface area contributed by atoms with E-state index in [4.69, 9.17) is 9.97 Å². The summed E-state index contributed by atoms with van der Waals surface area (Å²) in [4.78, 5) is 10.6. The third-order valence-corrected chi connectivity index (χ3v) is 7.90. The molecule has 1 heterocycles. The second-order valence-electron chi connectivity index (χ2n) is 9.74. The molecule has 0 atom stereocenters. The Morgan fingerprint density at radius 1 is 0.378 bits per heavy atom. The van der Waals surface area contributed by atoms with Crippen molar-refractivity contribution in [2.24, 2.45) is 0 Å². The van der Waals surface area contributed by atoms with Crippen LogP contribution in [0.15, 0.2) is 133 Å². The summed E-state index contributed by atoms with van der Waals surface area (Å²) in [7, 11) is 0. The number of hydrogen-bond acceptors (Lipinski definition) is 2. The van der Waals surface area contributed by atoms with E-state index in [2.05, 4.69) is 115 Å². The number of hydrogen-bond donors (Lipinski definition) is 0. The van der Waals surface area contributed by atoms with Crippen molar-refractivity contribution in [1.29, 1.82) is 0 Å². The van der Waals surface area contributed by atoms with Crippen LogP contribution >= 0.6 is 0 Å². The molecule has 5 aromatic carbocycles. The highest BCUT2D eigenvalue weighted by molar-refractivity contribution is 5.97. The minimum atomic E-state index is -0.473. The van der Waals surface area contributed by atoms with Gasteiger partial charge < -0.3 is 0 Å². The van der Waals surface area contributed by atoms with Gasteiger partial charge in [-0.15, -0.1) is 0 Å². The van der Waals surface area contributed by atoms with Gasteiger partial charge in [-0.25, -0.2) is 9.97 Å². The molecule has 0 saturated carbocycles. The fourth-order valence-corrected chi connectivity index (χ4v) is 6.48. The summed E-state index contributed by atoms with van der Waals surface area (Å²) in [6.45, 7) is 0. The molecule has 8 rings (SSSR count). The van der Waals surface area contributed by atoms with Crippen molar-refractivity contribution in [2.75, 3.05) is 0 Å². The quantitative estimate of drug-likeness (QED) is 0.255. The van der Waals surface area contributed by atoms with Crippen molar-refractivity contribution in [2.45, 2.75) is 5.41 Å². The van der Waals surface area contributed by atoms with E-state index in [-0.39, 0.29) is 0 Å². The minimum absolute atomic E-state index is 0.473. The van der Waals surface area contributed by atoms with E-state index in [9.17, 15) is 0 Å². The Morgan fingerprint density at radius 3 is 1.41 bits per heavy atom. The average molecular weight is 471 g/mol. The predicted octanol–water partition coefficient (Wildman–Crippen LogP) is 8.15. The normalized spacial score (nSPS) is 13.6. The third kappa shape index (κ3) is 2.65. The molecule has 0 bridgehead atoms. The lowest BCUT2D eigenvalue weighted by Crippen LogP contribution is -2.27. The monoisotopic (exact) mass is 470 g/mol. The first-order valence-corrected chi connectivity index (χ1v) is 12.7. The molecule has 0 fully saturated rings. The van der Waals surface area contributed by atoms with E-state index in [0.717, 1.165) is 28.3 Å². The summed E-state index contributed by atoms with van der Waals surface area (Å²) in [5, 5.41) is 0. The molecule has 0 unspecified atom stereocenters. The van der Waals surface area contributed by atoms with E-state index in [1.54, 1.807) is 0 Å². The Bertz CT molecular complexity index is 1770. The molecule has 2 aliphatic rings. The maximum atomic E-state index is 5.32. The van der Waals surface area contributed by atoms with Crippen LogP contribution in [0.5, 0.6) is 0 Å². The molecule has 0 N–H and O–H groups in total. The number of nitrogens with zero attached hydrogens (tertiary/aromatic N) is 2. The van der Waals surface area contributed by atoms with Gasteiger partial charge in [0.1, 0.15) is 0 Å². The summed E-state index contributed by atoms with van der Waals surface area (Å²) in [5.41, 5.74) is 12.5. The van der Waals surface area contributed by atoms with Crippen LogP contribution in [0.4, 0.5) is 0 Å². The van der Waals surface area contributed by atoms with Crippen molar-refractivity contribution in [3.05, 3.63) is 156 Å². The molecule has 172 valence electrons. The Hall–Kier alpha value is -4.82.